The first kappa shape index (κ1) is 13.6. The molecule has 2 unspecified atom stereocenters. The molecular weight excluding hydrogens is 223 g/mol. The van der Waals surface area contributed by atoms with Crippen LogP contribution in [0.15, 0.2) is 24.3 Å². The number of aliphatic hydroxyl groups is 1. The van der Waals surface area contributed by atoms with Gasteiger partial charge in [0.25, 0.3) is 0 Å². The summed E-state index contributed by atoms with van der Waals surface area (Å²) < 4.78 is 12.6. The van der Waals surface area contributed by atoms with E-state index in [1.165, 1.54) is 24.3 Å². The second-order valence-electron chi connectivity index (χ2n) is 4.05. The number of rotatable bonds is 5. The molecule has 17 heavy (non-hydrogen) atoms. The topological polar surface area (TPSA) is 75.4 Å². The van der Waals surface area contributed by atoms with Crippen molar-refractivity contribution >= 4 is 5.91 Å². The third-order valence-electron chi connectivity index (χ3n) is 2.25. The van der Waals surface area contributed by atoms with Gasteiger partial charge in [-0.05, 0) is 24.6 Å². The molecular formula is C12H17FN2O2. The van der Waals surface area contributed by atoms with Crippen LogP contribution in [0.5, 0.6) is 0 Å². The van der Waals surface area contributed by atoms with E-state index >= 15 is 0 Å². The number of aliphatic hydroxyl groups excluding tert-OH is 1. The first-order valence-electron chi connectivity index (χ1n) is 5.45. The van der Waals surface area contributed by atoms with Crippen LogP contribution in [0.2, 0.25) is 0 Å². The summed E-state index contributed by atoms with van der Waals surface area (Å²) >= 11 is 0. The molecule has 0 aliphatic rings. The Balaban J connectivity index is 2.42. The Bertz CT molecular complexity index is 365. The Kier molecular flexibility index (Phi) is 5.06. The zero-order valence-electron chi connectivity index (χ0n) is 9.69. The molecule has 5 heteroatoms. The minimum Gasteiger partial charge on any atom is -0.387 e. The number of benzene rings is 1. The van der Waals surface area contributed by atoms with Gasteiger partial charge >= 0.3 is 0 Å². The number of amides is 1. The van der Waals surface area contributed by atoms with Gasteiger partial charge in [0.1, 0.15) is 5.82 Å². The predicted molar refractivity (Wildman–Crippen MR) is 62.6 cm³/mol. The number of halogens is 1. The summed E-state index contributed by atoms with van der Waals surface area (Å²) in [7, 11) is 0. The van der Waals surface area contributed by atoms with Crippen molar-refractivity contribution in [3.63, 3.8) is 0 Å². The highest BCUT2D eigenvalue weighted by molar-refractivity contribution is 5.76. The maximum Gasteiger partial charge on any atom is 0.221 e. The summed E-state index contributed by atoms with van der Waals surface area (Å²) in [6.45, 7) is 1.83. The highest BCUT2D eigenvalue weighted by Crippen LogP contribution is 2.12. The zero-order chi connectivity index (χ0) is 12.8. The quantitative estimate of drug-likeness (QED) is 0.709. The Morgan fingerprint density at radius 2 is 2.06 bits per heavy atom. The molecule has 1 amide bonds. The number of nitrogens with two attached hydrogens (primary N) is 1. The Morgan fingerprint density at radius 1 is 1.47 bits per heavy atom. The lowest BCUT2D eigenvalue weighted by Gasteiger charge is -2.13. The van der Waals surface area contributed by atoms with Crippen molar-refractivity contribution < 1.29 is 14.3 Å². The number of carbonyl (C=O) groups excluding carboxylic acids is 1. The lowest BCUT2D eigenvalue weighted by atomic mass is 10.1. The van der Waals surface area contributed by atoms with Crippen molar-refractivity contribution in [1.29, 1.82) is 0 Å². The van der Waals surface area contributed by atoms with Crippen LogP contribution in [-0.2, 0) is 4.79 Å². The average Bonchev–Trinajstić information content (AvgIpc) is 2.26. The molecule has 1 rings (SSSR count). The van der Waals surface area contributed by atoms with E-state index in [4.69, 9.17) is 5.73 Å². The third-order valence-corrected chi connectivity index (χ3v) is 2.25. The van der Waals surface area contributed by atoms with Crippen LogP contribution in [0.4, 0.5) is 4.39 Å². The highest BCUT2D eigenvalue weighted by atomic mass is 19.1. The predicted octanol–water partition coefficient (Wildman–Crippen LogP) is 0.713. The smallest absolute Gasteiger partial charge is 0.221 e. The molecule has 4 nitrogen and oxygen atoms in total. The standard InChI is InChI=1S/C12H17FN2O2/c1-8(14)6-12(17)15-7-11(16)9-2-4-10(13)5-3-9/h2-5,8,11,16H,6-7,14H2,1H3,(H,15,17). The summed E-state index contributed by atoms with van der Waals surface area (Å²) in [6.07, 6.45) is -0.622. The van der Waals surface area contributed by atoms with Gasteiger partial charge in [0.2, 0.25) is 5.91 Å². The van der Waals surface area contributed by atoms with Gasteiger partial charge < -0.3 is 16.2 Å². The fraction of sp³-hybridized carbons (Fsp3) is 0.417. The first-order chi connectivity index (χ1) is 7.99. The van der Waals surface area contributed by atoms with Gasteiger partial charge in [0.15, 0.2) is 0 Å². The van der Waals surface area contributed by atoms with Gasteiger partial charge in [0.05, 0.1) is 6.10 Å². The van der Waals surface area contributed by atoms with Gasteiger partial charge in [-0.25, -0.2) is 4.39 Å². The molecule has 0 fully saturated rings. The molecule has 0 heterocycles. The second kappa shape index (κ2) is 6.32. The molecule has 4 N–H and O–H groups in total. The van der Waals surface area contributed by atoms with Crippen molar-refractivity contribution in [2.45, 2.75) is 25.5 Å². The lowest BCUT2D eigenvalue weighted by molar-refractivity contribution is -0.121. The van der Waals surface area contributed by atoms with Gasteiger partial charge in [-0.3, -0.25) is 4.79 Å². The summed E-state index contributed by atoms with van der Waals surface area (Å²) in [5.41, 5.74) is 6.02. The summed E-state index contributed by atoms with van der Waals surface area (Å²) in [5, 5.41) is 12.3. The Hall–Kier alpha value is -1.46. The lowest BCUT2D eigenvalue weighted by Crippen LogP contribution is -2.32. The second-order valence-corrected chi connectivity index (χ2v) is 4.05. The molecule has 0 aliphatic heterocycles. The minimum atomic E-state index is -0.840. The molecule has 0 aliphatic carbocycles. The number of hydrogen-bond donors (Lipinski definition) is 3. The van der Waals surface area contributed by atoms with E-state index in [9.17, 15) is 14.3 Å². The maximum absolute atomic E-state index is 12.6. The number of nitrogens with one attached hydrogen (secondary N) is 1. The van der Waals surface area contributed by atoms with Crippen LogP contribution < -0.4 is 11.1 Å². The SMILES string of the molecule is CC(N)CC(=O)NCC(O)c1ccc(F)cc1. The fourth-order valence-corrected chi connectivity index (χ4v) is 1.38. The van der Waals surface area contributed by atoms with Crippen LogP contribution >= 0.6 is 0 Å². The highest BCUT2D eigenvalue weighted by Gasteiger charge is 2.10. The number of carbonyl (C=O) groups is 1. The Labute approximate surface area is 99.6 Å². The van der Waals surface area contributed by atoms with E-state index in [2.05, 4.69) is 5.32 Å². The molecule has 0 saturated carbocycles. The van der Waals surface area contributed by atoms with E-state index in [0.717, 1.165) is 0 Å². The van der Waals surface area contributed by atoms with Crippen molar-refractivity contribution in [3.8, 4) is 0 Å². The molecule has 0 radical (unpaired) electrons. The monoisotopic (exact) mass is 240 g/mol. The molecule has 0 spiro atoms. The first-order valence-corrected chi connectivity index (χ1v) is 5.45. The van der Waals surface area contributed by atoms with Gasteiger partial charge in [0, 0.05) is 19.0 Å². The van der Waals surface area contributed by atoms with Crippen molar-refractivity contribution in [2.24, 2.45) is 5.73 Å². The van der Waals surface area contributed by atoms with Crippen LogP contribution in [0.1, 0.15) is 25.0 Å². The summed E-state index contributed by atoms with van der Waals surface area (Å²) in [5.74, 6) is -0.567. The van der Waals surface area contributed by atoms with Crippen LogP contribution in [0.25, 0.3) is 0 Å². The van der Waals surface area contributed by atoms with E-state index in [1.807, 2.05) is 0 Å². The Morgan fingerprint density at radius 3 is 2.59 bits per heavy atom. The molecule has 0 aromatic heterocycles. The van der Waals surface area contributed by atoms with E-state index < -0.39 is 6.10 Å². The van der Waals surface area contributed by atoms with E-state index in [-0.39, 0.29) is 30.7 Å². The van der Waals surface area contributed by atoms with E-state index in [0.29, 0.717) is 5.56 Å². The van der Waals surface area contributed by atoms with E-state index in [1.54, 1.807) is 6.92 Å². The average molecular weight is 240 g/mol. The third kappa shape index (κ3) is 4.93. The molecule has 1 aromatic rings. The van der Waals surface area contributed by atoms with Gasteiger partial charge in [-0.2, -0.15) is 0 Å². The molecule has 94 valence electrons. The van der Waals surface area contributed by atoms with Gasteiger partial charge in [-0.1, -0.05) is 12.1 Å². The minimum absolute atomic E-state index is 0.0944. The zero-order valence-corrected chi connectivity index (χ0v) is 9.69. The van der Waals surface area contributed by atoms with Gasteiger partial charge in [-0.15, -0.1) is 0 Å². The molecule has 0 bridgehead atoms. The summed E-state index contributed by atoms with van der Waals surface area (Å²) in [4.78, 5) is 11.3. The van der Waals surface area contributed by atoms with Crippen LogP contribution in [-0.4, -0.2) is 23.6 Å². The maximum atomic E-state index is 12.6. The summed E-state index contributed by atoms with van der Waals surface area (Å²) in [6, 6.07) is 5.29. The largest absolute Gasteiger partial charge is 0.387 e. The molecule has 0 saturated heterocycles. The van der Waals surface area contributed by atoms with Crippen LogP contribution in [0.3, 0.4) is 0 Å². The fourth-order valence-electron chi connectivity index (χ4n) is 1.38. The molecule has 1 aromatic carbocycles. The number of hydrogen-bond acceptors (Lipinski definition) is 3. The van der Waals surface area contributed by atoms with Crippen molar-refractivity contribution in [1.82, 2.24) is 5.32 Å². The molecule has 2 atom stereocenters. The normalized spacial score (nSPS) is 14.1. The van der Waals surface area contributed by atoms with Crippen molar-refractivity contribution in [3.05, 3.63) is 35.6 Å². The van der Waals surface area contributed by atoms with Crippen LogP contribution in [0, 0.1) is 5.82 Å². The van der Waals surface area contributed by atoms with Crippen molar-refractivity contribution in [2.75, 3.05) is 6.54 Å².